The van der Waals surface area contributed by atoms with E-state index in [4.69, 9.17) is 5.73 Å². The summed E-state index contributed by atoms with van der Waals surface area (Å²) < 4.78 is 28.0. The van der Waals surface area contributed by atoms with Crippen molar-refractivity contribution in [1.29, 1.82) is 0 Å². The number of nitrogens with two attached hydrogens (primary N) is 1. The van der Waals surface area contributed by atoms with Gasteiger partial charge in [-0.1, -0.05) is 0 Å². The van der Waals surface area contributed by atoms with Crippen LogP contribution in [0, 0.1) is 11.6 Å². The minimum Gasteiger partial charge on any atom is -0.328 e. The van der Waals surface area contributed by atoms with E-state index in [1.54, 1.807) is 17.1 Å². The maximum Gasteiger partial charge on any atom is 0.128 e. The lowest BCUT2D eigenvalue weighted by molar-refractivity contribution is 0.566. The lowest BCUT2D eigenvalue weighted by atomic mass is 10.1. The fourth-order valence-electron chi connectivity index (χ4n) is 1.81. The van der Waals surface area contributed by atoms with Crippen molar-refractivity contribution in [2.45, 2.75) is 25.9 Å². The second-order valence-corrected chi connectivity index (χ2v) is 4.46. The van der Waals surface area contributed by atoms with E-state index >= 15 is 0 Å². The Bertz CT molecular complexity index is 535. The van der Waals surface area contributed by atoms with Gasteiger partial charge >= 0.3 is 0 Å². The van der Waals surface area contributed by atoms with Crippen molar-refractivity contribution in [3.8, 4) is 0 Å². The van der Waals surface area contributed by atoms with Crippen LogP contribution in [-0.2, 0) is 13.0 Å². The van der Waals surface area contributed by atoms with Crippen LogP contribution in [0.15, 0.2) is 30.6 Å². The van der Waals surface area contributed by atoms with Gasteiger partial charge in [0.15, 0.2) is 0 Å². The Morgan fingerprint density at radius 2 is 2.17 bits per heavy atom. The molecule has 1 atom stereocenters. The second kappa shape index (κ2) is 5.27. The van der Waals surface area contributed by atoms with E-state index in [2.05, 4.69) is 5.10 Å². The molecule has 0 spiro atoms. The van der Waals surface area contributed by atoms with Crippen LogP contribution in [0.2, 0.25) is 0 Å². The Morgan fingerprint density at radius 3 is 2.89 bits per heavy atom. The molecule has 18 heavy (non-hydrogen) atoms. The predicted octanol–water partition coefficient (Wildman–Crippen LogP) is 2.10. The van der Waals surface area contributed by atoms with Gasteiger partial charge in [0.05, 0.1) is 12.7 Å². The third-order valence-corrected chi connectivity index (χ3v) is 2.58. The van der Waals surface area contributed by atoms with Crippen LogP contribution >= 0.6 is 0 Å². The predicted molar refractivity (Wildman–Crippen MR) is 65.0 cm³/mol. The van der Waals surface area contributed by atoms with Gasteiger partial charge in [-0.3, -0.25) is 4.68 Å². The number of aromatic nitrogens is 2. The number of nitrogens with zero attached hydrogens (tertiary/aromatic N) is 2. The monoisotopic (exact) mass is 251 g/mol. The van der Waals surface area contributed by atoms with Gasteiger partial charge in [-0.05, 0) is 37.1 Å². The van der Waals surface area contributed by atoms with Gasteiger partial charge < -0.3 is 5.73 Å². The molecule has 1 heterocycles. The van der Waals surface area contributed by atoms with Crippen molar-refractivity contribution in [2.24, 2.45) is 5.73 Å². The minimum absolute atomic E-state index is 0.0496. The highest BCUT2D eigenvalue weighted by molar-refractivity contribution is 5.19. The molecule has 0 bridgehead atoms. The van der Waals surface area contributed by atoms with Gasteiger partial charge in [-0.2, -0.15) is 5.10 Å². The first-order chi connectivity index (χ1) is 8.54. The molecule has 0 saturated heterocycles. The SMILES string of the molecule is CC(N)Cc1cnn(Cc2cc(F)ccc2F)c1. The molecule has 5 heteroatoms. The second-order valence-electron chi connectivity index (χ2n) is 4.46. The number of rotatable bonds is 4. The molecule has 0 fully saturated rings. The van der Waals surface area contributed by atoms with E-state index in [-0.39, 0.29) is 18.2 Å². The fourth-order valence-corrected chi connectivity index (χ4v) is 1.81. The first-order valence-electron chi connectivity index (χ1n) is 5.75. The Kier molecular flexibility index (Phi) is 3.72. The van der Waals surface area contributed by atoms with Gasteiger partial charge in [-0.25, -0.2) is 8.78 Å². The van der Waals surface area contributed by atoms with E-state index in [1.807, 2.05) is 6.92 Å². The van der Waals surface area contributed by atoms with Gasteiger partial charge in [0, 0.05) is 17.8 Å². The maximum absolute atomic E-state index is 13.4. The lowest BCUT2D eigenvalue weighted by Crippen LogP contribution is -2.17. The molecule has 0 aliphatic rings. The molecule has 1 unspecified atom stereocenters. The molecular formula is C13H15F2N3. The van der Waals surface area contributed by atoms with Gasteiger partial charge in [0.2, 0.25) is 0 Å². The summed E-state index contributed by atoms with van der Waals surface area (Å²) >= 11 is 0. The third-order valence-electron chi connectivity index (χ3n) is 2.58. The number of benzene rings is 1. The Balaban J connectivity index is 2.13. The van der Waals surface area contributed by atoms with Crippen LogP contribution in [0.3, 0.4) is 0 Å². The van der Waals surface area contributed by atoms with E-state index in [1.165, 1.54) is 6.07 Å². The summed E-state index contributed by atoms with van der Waals surface area (Å²) in [6, 6.07) is 3.46. The number of hydrogen-bond acceptors (Lipinski definition) is 2. The summed E-state index contributed by atoms with van der Waals surface area (Å²) in [5.74, 6) is -0.880. The summed E-state index contributed by atoms with van der Waals surface area (Å²) in [7, 11) is 0. The molecule has 0 amide bonds. The number of hydrogen-bond donors (Lipinski definition) is 1. The molecule has 0 aliphatic carbocycles. The molecule has 2 N–H and O–H groups in total. The molecule has 0 saturated carbocycles. The topological polar surface area (TPSA) is 43.8 Å². The highest BCUT2D eigenvalue weighted by Gasteiger charge is 2.07. The van der Waals surface area contributed by atoms with Crippen LogP contribution in [0.1, 0.15) is 18.1 Å². The third kappa shape index (κ3) is 3.13. The molecular weight excluding hydrogens is 236 g/mol. The zero-order valence-electron chi connectivity index (χ0n) is 10.1. The minimum atomic E-state index is -0.450. The maximum atomic E-state index is 13.4. The number of halogens is 2. The van der Waals surface area contributed by atoms with Crippen molar-refractivity contribution in [2.75, 3.05) is 0 Å². The lowest BCUT2D eigenvalue weighted by Gasteiger charge is -2.04. The van der Waals surface area contributed by atoms with E-state index in [9.17, 15) is 8.78 Å². The smallest absolute Gasteiger partial charge is 0.128 e. The van der Waals surface area contributed by atoms with Crippen molar-refractivity contribution in [3.05, 3.63) is 53.4 Å². The van der Waals surface area contributed by atoms with Crippen LogP contribution in [0.5, 0.6) is 0 Å². The van der Waals surface area contributed by atoms with Crippen LogP contribution in [0.25, 0.3) is 0 Å². The largest absolute Gasteiger partial charge is 0.328 e. The molecule has 1 aromatic heterocycles. The van der Waals surface area contributed by atoms with Crippen LogP contribution in [-0.4, -0.2) is 15.8 Å². The molecule has 3 nitrogen and oxygen atoms in total. The van der Waals surface area contributed by atoms with Gasteiger partial charge in [0.1, 0.15) is 11.6 Å². The van der Waals surface area contributed by atoms with E-state index in [0.717, 1.165) is 17.7 Å². The summed E-state index contributed by atoms with van der Waals surface area (Å²) in [6.45, 7) is 2.12. The summed E-state index contributed by atoms with van der Waals surface area (Å²) in [5.41, 5.74) is 6.95. The summed E-state index contributed by atoms with van der Waals surface area (Å²) in [5, 5.41) is 4.11. The van der Waals surface area contributed by atoms with Crippen molar-refractivity contribution in [1.82, 2.24) is 9.78 Å². The highest BCUT2D eigenvalue weighted by Crippen LogP contribution is 2.11. The first-order valence-corrected chi connectivity index (χ1v) is 5.75. The quantitative estimate of drug-likeness (QED) is 0.904. The van der Waals surface area contributed by atoms with Crippen LogP contribution < -0.4 is 5.73 Å². The zero-order chi connectivity index (χ0) is 13.1. The average Bonchev–Trinajstić information content (AvgIpc) is 2.70. The normalized spacial score (nSPS) is 12.7. The molecule has 2 rings (SSSR count). The highest BCUT2D eigenvalue weighted by atomic mass is 19.1. The van der Waals surface area contributed by atoms with Gasteiger partial charge in [0.25, 0.3) is 0 Å². The standard InChI is InChI=1S/C13H15F2N3/c1-9(16)4-10-6-17-18(7-10)8-11-5-12(14)2-3-13(11)15/h2-3,5-7,9H,4,8,16H2,1H3. The van der Waals surface area contributed by atoms with Gasteiger partial charge in [-0.15, -0.1) is 0 Å². The van der Waals surface area contributed by atoms with E-state index in [0.29, 0.717) is 6.42 Å². The van der Waals surface area contributed by atoms with Crippen molar-refractivity contribution < 1.29 is 8.78 Å². The van der Waals surface area contributed by atoms with Crippen molar-refractivity contribution in [3.63, 3.8) is 0 Å². The molecule has 96 valence electrons. The Hall–Kier alpha value is -1.75. The Morgan fingerprint density at radius 1 is 1.39 bits per heavy atom. The molecule has 1 aromatic carbocycles. The molecule has 0 radical (unpaired) electrons. The summed E-state index contributed by atoms with van der Waals surface area (Å²) in [6.07, 6.45) is 4.21. The average molecular weight is 251 g/mol. The Labute approximate surface area is 104 Å². The van der Waals surface area contributed by atoms with Crippen LogP contribution in [0.4, 0.5) is 8.78 Å². The zero-order valence-corrected chi connectivity index (χ0v) is 10.1. The fraction of sp³-hybridized carbons (Fsp3) is 0.308. The first kappa shape index (κ1) is 12.7. The summed E-state index contributed by atoms with van der Waals surface area (Å²) in [4.78, 5) is 0. The molecule has 0 aliphatic heterocycles. The van der Waals surface area contributed by atoms with E-state index < -0.39 is 11.6 Å². The molecule has 2 aromatic rings. The van der Waals surface area contributed by atoms with Crippen molar-refractivity contribution >= 4 is 0 Å².